The highest BCUT2D eigenvalue weighted by Gasteiger charge is 2.28. The molecule has 0 aliphatic heterocycles. The molecule has 0 unspecified atom stereocenters. The maximum Gasteiger partial charge on any atom is 0.262 e. The Bertz CT molecular complexity index is 976. The van der Waals surface area contributed by atoms with E-state index in [1.165, 1.54) is 35.1 Å². The van der Waals surface area contributed by atoms with Crippen LogP contribution < -0.4 is 5.56 Å². The molecule has 0 atom stereocenters. The fraction of sp³-hybridized carbons (Fsp3) is 0.353. The summed E-state index contributed by atoms with van der Waals surface area (Å²) in [6.45, 7) is 4.06. The summed E-state index contributed by atoms with van der Waals surface area (Å²) in [5.41, 5.74) is 2.69. The van der Waals surface area contributed by atoms with Crippen LogP contribution in [0.15, 0.2) is 28.6 Å². The van der Waals surface area contributed by atoms with Crippen molar-refractivity contribution in [3.05, 3.63) is 51.1 Å². The maximum atomic E-state index is 12.7. The molecule has 1 saturated carbocycles. The zero-order valence-electron chi connectivity index (χ0n) is 13.1. The molecule has 0 bridgehead atoms. The molecule has 1 aliphatic carbocycles. The molecular formula is C17H17N3O2S. The molecule has 5 nitrogen and oxygen atoms in total. The number of aryl methyl sites for hydroxylation is 1. The number of hydrogen-bond donors (Lipinski definition) is 0. The number of ketones is 1. The molecule has 0 amide bonds. The Balaban J connectivity index is 1.68. The van der Waals surface area contributed by atoms with Crippen molar-refractivity contribution in [1.82, 2.24) is 14.1 Å². The molecule has 118 valence electrons. The Kier molecular flexibility index (Phi) is 3.23. The van der Waals surface area contributed by atoms with Crippen molar-refractivity contribution >= 4 is 27.3 Å². The topological polar surface area (TPSA) is 56.9 Å². The summed E-state index contributed by atoms with van der Waals surface area (Å²) in [5.74, 6) is -0.0384. The van der Waals surface area contributed by atoms with E-state index in [9.17, 15) is 9.59 Å². The standard InChI is InChI=1S/C17H17N3O2S/c1-10-7-14(11(2)20(10)12-3-4-12)15(21)8-19-9-18-16-13(17(19)22)5-6-23-16/h5-7,9,12H,3-4,8H2,1-2H3. The van der Waals surface area contributed by atoms with E-state index in [4.69, 9.17) is 0 Å². The normalized spacial score (nSPS) is 14.5. The van der Waals surface area contributed by atoms with Gasteiger partial charge in [-0.1, -0.05) is 0 Å². The van der Waals surface area contributed by atoms with Gasteiger partial charge in [-0.25, -0.2) is 4.98 Å². The van der Waals surface area contributed by atoms with Crippen molar-refractivity contribution in [3.63, 3.8) is 0 Å². The molecule has 4 rings (SSSR count). The third kappa shape index (κ3) is 2.34. The molecule has 0 spiro atoms. The van der Waals surface area contributed by atoms with Crippen molar-refractivity contribution in [2.75, 3.05) is 0 Å². The van der Waals surface area contributed by atoms with Crippen LogP contribution in [0, 0.1) is 13.8 Å². The van der Waals surface area contributed by atoms with Crippen LogP contribution in [0.4, 0.5) is 0 Å². The molecule has 1 fully saturated rings. The minimum atomic E-state index is -0.152. The highest BCUT2D eigenvalue weighted by Crippen LogP contribution is 2.38. The fourth-order valence-electron chi connectivity index (χ4n) is 3.20. The highest BCUT2D eigenvalue weighted by atomic mass is 32.1. The summed E-state index contributed by atoms with van der Waals surface area (Å²) in [6.07, 6.45) is 3.84. The van der Waals surface area contributed by atoms with Crippen molar-refractivity contribution in [1.29, 1.82) is 0 Å². The van der Waals surface area contributed by atoms with Crippen LogP contribution in [0.3, 0.4) is 0 Å². The van der Waals surface area contributed by atoms with Gasteiger partial charge in [0.2, 0.25) is 0 Å². The molecule has 0 saturated heterocycles. The average molecular weight is 327 g/mol. The number of thiophene rings is 1. The smallest absolute Gasteiger partial charge is 0.262 e. The predicted molar refractivity (Wildman–Crippen MR) is 90.4 cm³/mol. The lowest BCUT2D eigenvalue weighted by atomic mass is 10.1. The molecule has 3 aromatic rings. The average Bonchev–Trinajstić information content (AvgIpc) is 3.14. The van der Waals surface area contributed by atoms with Crippen LogP contribution in [0.5, 0.6) is 0 Å². The Hall–Kier alpha value is -2.21. The molecule has 3 aromatic heterocycles. The van der Waals surface area contributed by atoms with Crippen molar-refractivity contribution in [2.24, 2.45) is 0 Å². The number of hydrogen-bond acceptors (Lipinski definition) is 4. The number of fused-ring (bicyclic) bond motifs is 1. The van der Waals surface area contributed by atoms with Gasteiger partial charge in [0.1, 0.15) is 4.83 Å². The number of nitrogens with zero attached hydrogens (tertiary/aromatic N) is 3. The van der Waals surface area contributed by atoms with E-state index in [1.807, 2.05) is 25.3 Å². The zero-order chi connectivity index (χ0) is 16.1. The zero-order valence-corrected chi connectivity index (χ0v) is 13.9. The van der Waals surface area contributed by atoms with Crippen LogP contribution in [-0.4, -0.2) is 19.9 Å². The Morgan fingerprint density at radius 1 is 1.39 bits per heavy atom. The Labute approximate surface area is 137 Å². The van der Waals surface area contributed by atoms with Crippen LogP contribution in [0.1, 0.15) is 40.6 Å². The van der Waals surface area contributed by atoms with Crippen LogP contribution in [0.25, 0.3) is 10.2 Å². The lowest BCUT2D eigenvalue weighted by Crippen LogP contribution is -2.24. The summed E-state index contributed by atoms with van der Waals surface area (Å²) >= 11 is 1.43. The van der Waals surface area contributed by atoms with Crippen LogP contribution in [0.2, 0.25) is 0 Å². The molecule has 0 radical (unpaired) electrons. The van der Waals surface area contributed by atoms with Gasteiger partial charge in [-0.2, -0.15) is 0 Å². The first-order valence-electron chi connectivity index (χ1n) is 7.70. The van der Waals surface area contributed by atoms with Gasteiger partial charge in [-0.15, -0.1) is 11.3 Å². The van der Waals surface area contributed by atoms with Crippen LogP contribution in [-0.2, 0) is 6.54 Å². The first kappa shape index (κ1) is 14.4. The summed E-state index contributed by atoms with van der Waals surface area (Å²) in [6, 6.07) is 4.25. The quantitative estimate of drug-likeness (QED) is 0.692. The number of aromatic nitrogens is 3. The van der Waals surface area contributed by atoms with E-state index in [-0.39, 0.29) is 17.9 Å². The van der Waals surface area contributed by atoms with Gasteiger partial charge in [0.05, 0.1) is 18.3 Å². The lowest BCUT2D eigenvalue weighted by Gasteiger charge is -2.08. The summed E-state index contributed by atoms with van der Waals surface area (Å²) in [4.78, 5) is 30.0. The van der Waals surface area contributed by atoms with Crippen molar-refractivity contribution in [2.45, 2.75) is 39.3 Å². The van der Waals surface area contributed by atoms with E-state index >= 15 is 0 Å². The summed E-state index contributed by atoms with van der Waals surface area (Å²) < 4.78 is 3.65. The second kappa shape index (κ2) is 5.16. The second-order valence-electron chi connectivity index (χ2n) is 6.13. The van der Waals surface area contributed by atoms with E-state index in [1.54, 1.807) is 6.07 Å². The summed E-state index contributed by atoms with van der Waals surface area (Å²) in [7, 11) is 0. The number of carbonyl (C=O) groups excluding carboxylic acids is 1. The first-order chi connectivity index (χ1) is 11.1. The van der Waals surface area contributed by atoms with Gasteiger partial charge in [-0.05, 0) is 44.2 Å². The molecule has 0 N–H and O–H groups in total. The number of Topliss-reactive ketones (excluding diaryl/α,β-unsaturated/α-hetero) is 1. The van der Waals surface area contributed by atoms with Gasteiger partial charge < -0.3 is 4.57 Å². The molecule has 0 aromatic carbocycles. The van der Waals surface area contributed by atoms with Gasteiger partial charge in [0.25, 0.3) is 5.56 Å². The largest absolute Gasteiger partial charge is 0.345 e. The van der Waals surface area contributed by atoms with Crippen LogP contribution >= 0.6 is 11.3 Å². The molecule has 23 heavy (non-hydrogen) atoms. The van der Waals surface area contributed by atoms with Crippen molar-refractivity contribution < 1.29 is 4.79 Å². The van der Waals surface area contributed by atoms with Gasteiger partial charge in [0.15, 0.2) is 5.78 Å². The summed E-state index contributed by atoms with van der Waals surface area (Å²) in [5, 5.41) is 2.42. The first-order valence-corrected chi connectivity index (χ1v) is 8.58. The third-order valence-corrected chi connectivity index (χ3v) is 5.28. The van der Waals surface area contributed by atoms with Crippen molar-refractivity contribution in [3.8, 4) is 0 Å². The predicted octanol–water partition coefficient (Wildman–Crippen LogP) is 3.09. The van der Waals surface area contributed by atoms with E-state index in [0.717, 1.165) is 11.4 Å². The van der Waals surface area contributed by atoms with E-state index < -0.39 is 0 Å². The second-order valence-corrected chi connectivity index (χ2v) is 7.02. The Morgan fingerprint density at radius 3 is 2.91 bits per heavy atom. The fourth-order valence-corrected chi connectivity index (χ4v) is 3.92. The van der Waals surface area contributed by atoms with Gasteiger partial charge in [0, 0.05) is 23.0 Å². The third-order valence-electron chi connectivity index (χ3n) is 4.46. The minimum Gasteiger partial charge on any atom is -0.345 e. The molecule has 1 aliphatic rings. The Morgan fingerprint density at radius 2 is 2.17 bits per heavy atom. The monoisotopic (exact) mass is 327 g/mol. The van der Waals surface area contributed by atoms with E-state index in [2.05, 4.69) is 9.55 Å². The maximum absolute atomic E-state index is 12.7. The molecule has 3 heterocycles. The highest BCUT2D eigenvalue weighted by molar-refractivity contribution is 7.16. The van der Waals surface area contributed by atoms with E-state index in [0.29, 0.717) is 21.8 Å². The molecular weight excluding hydrogens is 310 g/mol. The molecule has 6 heteroatoms. The van der Waals surface area contributed by atoms with Gasteiger partial charge in [-0.3, -0.25) is 14.2 Å². The number of carbonyl (C=O) groups is 1. The number of rotatable bonds is 4. The SMILES string of the molecule is Cc1cc(C(=O)Cn2cnc3sccc3c2=O)c(C)n1C1CC1. The minimum absolute atomic E-state index is 0.0343. The lowest BCUT2D eigenvalue weighted by molar-refractivity contribution is 0.0970. The van der Waals surface area contributed by atoms with Gasteiger partial charge >= 0.3 is 0 Å².